The smallest absolute Gasteiger partial charge is 0.318 e. The number of nitro benzene ring substituents is 1. The van der Waals surface area contributed by atoms with Crippen molar-refractivity contribution in [1.29, 1.82) is 0 Å². The molecule has 0 atom stereocenters. The minimum Gasteiger partial charge on any atom is -0.492 e. The fourth-order valence-corrected chi connectivity index (χ4v) is 2.89. The third kappa shape index (κ3) is 1.83. The molecule has 0 bridgehead atoms. The molecule has 1 N–H and O–H groups in total. The largest absolute Gasteiger partial charge is 0.492 e. The van der Waals surface area contributed by atoms with Crippen molar-refractivity contribution in [1.82, 2.24) is 0 Å². The SMILES string of the molecule is O=[N+]([O-])c1c2c(c(CCCO)c3c1OCC3)OCC2. The summed E-state index contributed by atoms with van der Waals surface area (Å²) in [5, 5.41) is 20.3. The van der Waals surface area contributed by atoms with Gasteiger partial charge in [-0.1, -0.05) is 0 Å². The van der Waals surface area contributed by atoms with Crippen LogP contribution < -0.4 is 9.47 Å². The van der Waals surface area contributed by atoms with Gasteiger partial charge in [-0.05, 0) is 12.8 Å². The van der Waals surface area contributed by atoms with Gasteiger partial charge in [-0.2, -0.15) is 0 Å². The van der Waals surface area contributed by atoms with Gasteiger partial charge in [0.2, 0.25) is 5.75 Å². The summed E-state index contributed by atoms with van der Waals surface area (Å²) in [5.74, 6) is 1.08. The number of aliphatic hydroxyl groups is 1. The number of hydrogen-bond donors (Lipinski definition) is 1. The lowest BCUT2D eigenvalue weighted by molar-refractivity contribution is -0.386. The van der Waals surface area contributed by atoms with E-state index in [0.717, 1.165) is 11.1 Å². The van der Waals surface area contributed by atoms with Crippen LogP contribution in [-0.4, -0.2) is 29.9 Å². The Morgan fingerprint density at radius 2 is 1.84 bits per heavy atom. The maximum Gasteiger partial charge on any atom is 0.318 e. The Morgan fingerprint density at radius 1 is 1.16 bits per heavy atom. The van der Waals surface area contributed by atoms with Gasteiger partial charge in [0.05, 0.1) is 23.7 Å². The van der Waals surface area contributed by atoms with Gasteiger partial charge in [0.1, 0.15) is 5.75 Å². The van der Waals surface area contributed by atoms with Gasteiger partial charge < -0.3 is 14.6 Å². The molecule has 2 aliphatic rings. The molecule has 0 spiro atoms. The van der Waals surface area contributed by atoms with Gasteiger partial charge in [0.25, 0.3) is 0 Å². The molecule has 19 heavy (non-hydrogen) atoms. The minimum absolute atomic E-state index is 0.0766. The summed E-state index contributed by atoms with van der Waals surface area (Å²) in [6, 6.07) is 0. The molecule has 0 aromatic heterocycles. The normalized spacial score (nSPS) is 15.6. The molecule has 3 rings (SSSR count). The Labute approximate surface area is 110 Å². The fourth-order valence-electron chi connectivity index (χ4n) is 2.89. The molecule has 0 amide bonds. The van der Waals surface area contributed by atoms with Gasteiger partial charge >= 0.3 is 5.69 Å². The van der Waals surface area contributed by atoms with E-state index in [4.69, 9.17) is 14.6 Å². The number of fused-ring (bicyclic) bond motifs is 2. The van der Waals surface area contributed by atoms with E-state index >= 15 is 0 Å². The molecule has 0 saturated carbocycles. The van der Waals surface area contributed by atoms with E-state index in [1.165, 1.54) is 0 Å². The lowest BCUT2D eigenvalue weighted by atomic mass is 9.95. The van der Waals surface area contributed by atoms with Crippen LogP contribution in [0.5, 0.6) is 11.5 Å². The summed E-state index contributed by atoms with van der Waals surface area (Å²) in [5.41, 5.74) is 2.60. The second-order valence-corrected chi connectivity index (χ2v) is 4.72. The molecule has 2 aliphatic heterocycles. The molecule has 0 unspecified atom stereocenters. The second kappa shape index (κ2) is 4.70. The first-order chi connectivity index (χ1) is 9.24. The van der Waals surface area contributed by atoms with Crippen LogP contribution in [0.3, 0.4) is 0 Å². The summed E-state index contributed by atoms with van der Waals surface area (Å²) < 4.78 is 11.1. The Kier molecular flexibility index (Phi) is 3.02. The predicted octanol–water partition coefficient (Wildman–Crippen LogP) is 1.39. The first-order valence-corrected chi connectivity index (χ1v) is 6.45. The van der Waals surface area contributed by atoms with E-state index in [0.29, 0.717) is 56.0 Å². The van der Waals surface area contributed by atoms with Crippen molar-refractivity contribution in [3.8, 4) is 11.5 Å². The van der Waals surface area contributed by atoms with E-state index in [1.54, 1.807) is 0 Å². The van der Waals surface area contributed by atoms with Crippen LogP contribution in [0.2, 0.25) is 0 Å². The zero-order valence-corrected chi connectivity index (χ0v) is 10.5. The van der Waals surface area contributed by atoms with Gasteiger partial charge in [0, 0.05) is 30.6 Å². The Bertz CT molecular complexity index is 505. The van der Waals surface area contributed by atoms with Crippen molar-refractivity contribution in [3.05, 3.63) is 26.8 Å². The summed E-state index contributed by atoms with van der Waals surface area (Å²) in [7, 11) is 0. The molecule has 6 heteroatoms. The highest BCUT2D eigenvalue weighted by molar-refractivity contribution is 5.69. The molecule has 102 valence electrons. The average Bonchev–Trinajstić information content (AvgIpc) is 3.01. The summed E-state index contributed by atoms with van der Waals surface area (Å²) in [6.45, 7) is 1.05. The Balaban J connectivity index is 2.19. The third-order valence-electron chi connectivity index (χ3n) is 3.65. The monoisotopic (exact) mass is 265 g/mol. The van der Waals surface area contributed by atoms with Gasteiger partial charge in [-0.25, -0.2) is 0 Å². The van der Waals surface area contributed by atoms with Crippen LogP contribution in [-0.2, 0) is 19.3 Å². The van der Waals surface area contributed by atoms with Crippen LogP contribution in [0.4, 0.5) is 5.69 Å². The number of nitrogens with zero attached hydrogens (tertiary/aromatic N) is 1. The number of benzene rings is 1. The maximum absolute atomic E-state index is 11.3. The summed E-state index contributed by atoms with van der Waals surface area (Å²) in [4.78, 5) is 10.9. The van der Waals surface area contributed by atoms with Crippen LogP contribution >= 0.6 is 0 Å². The number of hydrogen-bond acceptors (Lipinski definition) is 5. The van der Waals surface area contributed by atoms with Gasteiger partial charge in [-0.15, -0.1) is 0 Å². The molecule has 0 saturated heterocycles. The lowest BCUT2D eigenvalue weighted by Gasteiger charge is -2.13. The minimum atomic E-state index is -0.368. The number of rotatable bonds is 4. The standard InChI is InChI=1S/C13H15NO5/c15-5-1-2-8-9-3-6-19-13(9)11(14(16)17)10-4-7-18-12(8)10/h15H,1-7H2. The molecular formula is C13H15NO5. The van der Waals surface area contributed by atoms with Crippen LogP contribution in [0.15, 0.2) is 0 Å². The van der Waals surface area contributed by atoms with Crippen molar-refractivity contribution < 1.29 is 19.5 Å². The highest BCUT2D eigenvalue weighted by Crippen LogP contribution is 2.48. The van der Waals surface area contributed by atoms with Crippen molar-refractivity contribution in [2.45, 2.75) is 25.7 Å². The second-order valence-electron chi connectivity index (χ2n) is 4.72. The van der Waals surface area contributed by atoms with E-state index in [9.17, 15) is 10.1 Å². The van der Waals surface area contributed by atoms with E-state index in [1.807, 2.05) is 0 Å². The predicted molar refractivity (Wildman–Crippen MR) is 66.9 cm³/mol. The molecule has 0 fully saturated rings. The quantitative estimate of drug-likeness (QED) is 0.657. The number of nitro groups is 1. The topological polar surface area (TPSA) is 81.8 Å². The van der Waals surface area contributed by atoms with Crippen LogP contribution in [0, 0.1) is 10.1 Å². The first-order valence-electron chi connectivity index (χ1n) is 6.45. The number of ether oxygens (including phenoxy) is 2. The first kappa shape index (κ1) is 12.2. The molecule has 0 aliphatic carbocycles. The molecule has 6 nitrogen and oxygen atoms in total. The van der Waals surface area contributed by atoms with Gasteiger partial charge in [0.15, 0.2) is 0 Å². The zero-order valence-electron chi connectivity index (χ0n) is 10.5. The summed E-state index contributed by atoms with van der Waals surface area (Å²) >= 11 is 0. The Hall–Kier alpha value is -1.82. The molecule has 1 aromatic rings. The highest BCUT2D eigenvalue weighted by Gasteiger charge is 2.36. The van der Waals surface area contributed by atoms with E-state index < -0.39 is 0 Å². The molecular weight excluding hydrogens is 250 g/mol. The fraction of sp³-hybridized carbons (Fsp3) is 0.538. The van der Waals surface area contributed by atoms with Crippen molar-refractivity contribution in [2.75, 3.05) is 19.8 Å². The summed E-state index contributed by atoms with van der Waals surface area (Å²) in [6.07, 6.45) is 2.52. The zero-order chi connectivity index (χ0) is 13.4. The highest BCUT2D eigenvalue weighted by atomic mass is 16.6. The van der Waals surface area contributed by atoms with E-state index in [2.05, 4.69) is 0 Å². The van der Waals surface area contributed by atoms with Crippen LogP contribution in [0.1, 0.15) is 23.1 Å². The molecule has 1 aromatic carbocycles. The third-order valence-corrected chi connectivity index (χ3v) is 3.65. The van der Waals surface area contributed by atoms with Gasteiger partial charge in [-0.3, -0.25) is 10.1 Å². The molecule has 2 heterocycles. The van der Waals surface area contributed by atoms with Crippen LogP contribution in [0.25, 0.3) is 0 Å². The van der Waals surface area contributed by atoms with E-state index in [-0.39, 0.29) is 17.2 Å². The molecule has 0 radical (unpaired) electrons. The van der Waals surface area contributed by atoms with Crippen molar-refractivity contribution in [3.63, 3.8) is 0 Å². The lowest BCUT2D eigenvalue weighted by Crippen LogP contribution is -2.02. The Morgan fingerprint density at radius 3 is 2.53 bits per heavy atom. The van der Waals surface area contributed by atoms with Crippen molar-refractivity contribution in [2.24, 2.45) is 0 Å². The van der Waals surface area contributed by atoms with Crippen molar-refractivity contribution >= 4 is 5.69 Å². The maximum atomic E-state index is 11.3. The average molecular weight is 265 g/mol. The number of aliphatic hydroxyl groups excluding tert-OH is 1.